The van der Waals surface area contributed by atoms with Crippen LogP contribution in [0.1, 0.15) is 29.8 Å². The first kappa shape index (κ1) is 12.0. The summed E-state index contributed by atoms with van der Waals surface area (Å²) >= 11 is 0. The Morgan fingerprint density at radius 2 is 2.16 bits per heavy atom. The van der Waals surface area contributed by atoms with Crippen molar-refractivity contribution in [2.75, 3.05) is 11.9 Å². The number of ether oxygens (including phenoxy) is 1. The molecule has 1 aliphatic heterocycles. The van der Waals surface area contributed by atoms with Gasteiger partial charge in [0.2, 0.25) is 0 Å². The second-order valence-corrected chi connectivity index (χ2v) is 5.02. The largest absolute Gasteiger partial charge is 0.493 e. The van der Waals surface area contributed by atoms with E-state index in [0.29, 0.717) is 0 Å². The summed E-state index contributed by atoms with van der Waals surface area (Å²) in [5, 5.41) is 3.47. The van der Waals surface area contributed by atoms with Crippen molar-refractivity contribution in [2.24, 2.45) is 0 Å². The SMILES string of the molecule is Cc1ccc(NC(C)c2ccc3c(c2)CCO3)cn1. The molecule has 0 fully saturated rings. The van der Waals surface area contributed by atoms with Gasteiger partial charge in [0.25, 0.3) is 0 Å². The van der Waals surface area contributed by atoms with Gasteiger partial charge in [0.15, 0.2) is 0 Å². The Hall–Kier alpha value is -2.03. The van der Waals surface area contributed by atoms with Crippen molar-refractivity contribution in [3.8, 4) is 5.75 Å². The molecule has 3 nitrogen and oxygen atoms in total. The molecule has 2 heterocycles. The molecule has 0 aliphatic carbocycles. The number of aromatic nitrogens is 1. The molecule has 0 bridgehead atoms. The highest BCUT2D eigenvalue weighted by Crippen LogP contribution is 2.29. The van der Waals surface area contributed by atoms with Crippen molar-refractivity contribution in [1.82, 2.24) is 4.98 Å². The maximum atomic E-state index is 5.53. The van der Waals surface area contributed by atoms with Crippen LogP contribution in [-0.4, -0.2) is 11.6 Å². The Morgan fingerprint density at radius 3 is 2.95 bits per heavy atom. The molecule has 1 aliphatic rings. The molecule has 0 spiro atoms. The third-order valence-corrected chi connectivity index (χ3v) is 3.51. The van der Waals surface area contributed by atoms with Gasteiger partial charge in [-0.15, -0.1) is 0 Å². The van der Waals surface area contributed by atoms with E-state index in [2.05, 4.69) is 41.5 Å². The predicted molar refractivity (Wildman–Crippen MR) is 76.7 cm³/mol. The van der Waals surface area contributed by atoms with Crippen LogP contribution < -0.4 is 10.1 Å². The van der Waals surface area contributed by atoms with Crippen LogP contribution in [0, 0.1) is 6.92 Å². The summed E-state index contributed by atoms with van der Waals surface area (Å²) in [5.74, 6) is 1.04. The van der Waals surface area contributed by atoms with Crippen LogP contribution in [0.2, 0.25) is 0 Å². The van der Waals surface area contributed by atoms with Gasteiger partial charge in [0.1, 0.15) is 5.75 Å². The van der Waals surface area contributed by atoms with Crippen LogP contribution in [0.25, 0.3) is 0 Å². The maximum Gasteiger partial charge on any atom is 0.122 e. The molecule has 1 aromatic heterocycles. The van der Waals surface area contributed by atoms with E-state index in [0.717, 1.165) is 30.2 Å². The number of nitrogens with zero attached hydrogens (tertiary/aromatic N) is 1. The molecule has 0 radical (unpaired) electrons. The first-order valence-electron chi connectivity index (χ1n) is 6.67. The molecule has 3 rings (SSSR count). The average molecular weight is 254 g/mol. The van der Waals surface area contributed by atoms with Gasteiger partial charge in [-0.1, -0.05) is 6.07 Å². The lowest BCUT2D eigenvalue weighted by Crippen LogP contribution is -2.07. The highest BCUT2D eigenvalue weighted by molar-refractivity contribution is 5.46. The van der Waals surface area contributed by atoms with Gasteiger partial charge in [-0.3, -0.25) is 4.98 Å². The van der Waals surface area contributed by atoms with E-state index in [1.807, 2.05) is 19.2 Å². The number of hydrogen-bond donors (Lipinski definition) is 1. The molecule has 1 unspecified atom stereocenters. The van der Waals surface area contributed by atoms with E-state index in [1.54, 1.807) is 0 Å². The fourth-order valence-corrected chi connectivity index (χ4v) is 2.36. The summed E-state index contributed by atoms with van der Waals surface area (Å²) in [7, 11) is 0. The number of aryl methyl sites for hydroxylation is 1. The van der Waals surface area contributed by atoms with E-state index in [4.69, 9.17) is 4.74 Å². The molecule has 0 saturated carbocycles. The van der Waals surface area contributed by atoms with Crippen molar-refractivity contribution in [3.05, 3.63) is 53.3 Å². The minimum Gasteiger partial charge on any atom is -0.493 e. The lowest BCUT2D eigenvalue weighted by atomic mass is 10.0. The lowest BCUT2D eigenvalue weighted by molar-refractivity contribution is 0.357. The zero-order valence-corrected chi connectivity index (χ0v) is 11.3. The summed E-state index contributed by atoms with van der Waals surface area (Å²) < 4.78 is 5.53. The fraction of sp³-hybridized carbons (Fsp3) is 0.312. The van der Waals surface area contributed by atoms with Crippen LogP contribution in [-0.2, 0) is 6.42 Å². The smallest absolute Gasteiger partial charge is 0.122 e. The van der Waals surface area contributed by atoms with Crippen molar-refractivity contribution in [1.29, 1.82) is 0 Å². The van der Waals surface area contributed by atoms with Gasteiger partial charge in [-0.05, 0) is 49.2 Å². The number of hydrogen-bond acceptors (Lipinski definition) is 3. The highest BCUT2D eigenvalue weighted by atomic mass is 16.5. The molecule has 1 N–H and O–H groups in total. The van der Waals surface area contributed by atoms with Crippen molar-refractivity contribution < 1.29 is 4.74 Å². The minimum atomic E-state index is 0.260. The minimum absolute atomic E-state index is 0.260. The Kier molecular flexibility index (Phi) is 3.11. The second kappa shape index (κ2) is 4.92. The number of rotatable bonds is 3. The van der Waals surface area contributed by atoms with Crippen LogP contribution in [0.15, 0.2) is 36.5 Å². The summed E-state index contributed by atoms with van der Waals surface area (Å²) in [6.45, 7) is 4.97. The topological polar surface area (TPSA) is 34.1 Å². The van der Waals surface area contributed by atoms with E-state index in [1.165, 1.54) is 11.1 Å². The standard InChI is InChI=1S/C16H18N2O/c1-11-3-5-15(10-17-11)18-12(2)13-4-6-16-14(9-13)7-8-19-16/h3-6,9-10,12,18H,7-8H2,1-2H3. The number of benzene rings is 1. The molecule has 1 atom stereocenters. The van der Waals surface area contributed by atoms with Gasteiger partial charge in [-0.2, -0.15) is 0 Å². The summed E-state index contributed by atoms with van der Waals surface area (Å²) in [6, 6.07) is 10.8. The molecule has 2 aromatic rings. The zero-order valence-electron chi connectivity index (χ0n) is 11.3. The molecular formula is C16H18N2O. The normalized spacial score (nSPS) is 14.6. The van der Waals surface area contributed by atoms with Gasteiger partial charge in [0, 0.05) is 18.2 Å². The third kappa shape index (κ3) is 2.55. The first-order chi connectivity index (χ1) is 9.22. The highest BCUT2D eigenvalue weighted by Gasteiger charge is 2.14. The molecule has 0 saturated heterocycles. The van der Waals surface area contributed by atoms with Crippen LogP contribution >= 0.6 is 0 Å². The second-order valence-electron chi connectivity index (χ2n) is 5.02. The van der Waals surface area contributed by atoms with Crippen LogP contribution in [0.4, 0.5) is 5.69 Å². The quantitative estimate of drug-likeness (QED) is 0.910. The van der Waals surface area contributed by atoms with Gasteiger partial charge < -0.3 is 10.1 Å². The van der Waals surface area contributed by atoms with Crippen molar-refractivity contribution >= 4 is 5.69 Å². The predicted octanol–water partition coefficient (Wildman–Crippen LogP) is 3.50. The lowest BCUT2D eigenvalue weighted by Gasteiger charge is -2.16. The Balaban J connectivity index is 1.76. The van der Waals surface area contributed by atoms with Gasteiger partial charge in [0.05, 0.1) is 18.5 Å². The summed E-state index contributed by atoms with van der Waals surface area (Å²) in [6.07, 6.45) is 2.89. The number of nitrogens with one attached hydrogen (secondary N) is 1. The van der Waals surface area contributed by atoms with Crippen molar-refractivity contribution in [3.63, 3.8) is 0 Å². The number of anilines is 1. The first-order valence-corrected chi connectivity index (χ1v) is 6.67. The van der Waals surface area contributed by atoms with Crippen LogP contribution in [0.3, 0.4) is 0 Å². The van der Waals surface area contributed by atoms with Crippen LogP contribution in [0.5, 0.6) is 5.75 Å². The summed E-state index contributed by atoms with van der Waals surface area (Å²) in [4.78, 5) is 4.30. The Labute approximate surface area is 113 Å². The van der Waals surface area contributed by atoms with E-state index < -0.39 is 0 Å². The molecular weight excluding hydrogens is 236 g/mol. The van der Waals surface area contributed by atoms with E-state index in [9.17, 15) is 0 Å². The molecule has 98 valence electrons. The van der Waals surface area contributed by atoms with E-state index in [-0.39, 0.29) is 6.04 Å². The van der Waals surface area contributed by atoms with Gasteiger partial charge >= 0.3 is 0 Å². The zero-order chi connectivity index (χ0) is 13.2. The van der Waals surface area contributed by atoms with Crippen molar-refractivity contribution in [2.45, 2.75) is 26.3 Å². The monoisotopic (exact) mass is 254 g/mol. The molecule has 0 amide bonds. The van der Waals surface area contributed by atoms with Gasteiger partial charge in [-0.25, -0.2) is 0 Å². The maximum absolute atomic E-state index is 5.53. The number of pyridine rings is 1. The number of fused-ring (bicyclic) bond motifs is 1. The average Bonchev–Trinajstić information content (AvgIpc) is 2.88. The van der Waals surface area contributed by atoms with E-state index >= 15 is 0 Å². The Bertz CT molecular complexity index is 578. The molecule has 3 heteroatoms. The molecule has 19 heavy (non-hydrogen) atoms. The molecule has 1 aromatic carbocycles. The summed E-state index contributed by atoms with van der Waals surface area (Å²) in [5.41, 5.74) is 4.68. The fourth-order valence-electron chi connectivity index (χ4n) is 2.36. The third-order valence-electron chi connectivity index (χ3n) is 3.51. The Morgan fingerprint density at radius 1 is 1.26 bits per heavy atom.